The molecule has 0 radical (unpaired) electrons. The van der Waals surface area contributed by atoms with Crippen LogP contribution in [0.1, 0.15) is 5.56 Å². The van der Waals surface area contributed by atoms with Crippen LogP contribution < -0.4 is 4.74 Å². The molecule has 0 bridgehead atoms. The molecule has 2 aromatic rings. The fraction of sp³-hybridized carbons (Fsp3) is 0.111. The van der Waals surface area contributed by atoms with Crippen molar-refractivity contribution in [3.63, 3.8) is 0 Å². The van der Waals surface area contributed by atoms with Gasteiger partial charge < -0.3 is 9.84 Å². The molecule has 0 aliphatic carbocycles. The molecule has 24 heavy (non-hydrogen) atoms. The highest BCUT2D eigenvalue weighted by Gasteiger charge is 2.30. The number of nitrogens with zero attached hydrogens (tertiary/aromatic N) is 2. The Morgan fingerprint density at radius 3 is 2.67 bits per heavy atom. The molecular weight excluding hydrogens is 324 g/mol. The van der Waals surface area contributed by atoms with Crippen molar-refractivity contribution in [2.24, 2.45) is 4.99 Å². The third-order valence-corrected chi connectivity index (χ3v) is 4.53. The molecule has 2 aromatic carbocycles. The van der Waals surface area contributed by atoms with Gasteiger partial charge in [-0.25, -0.2) is 4.99 Å². The molecule has 1 fully saturated rings. The highest BCUT2D eigenvalue weighted by atomic mass is 32.2. The molecule has 1 aliphatic rings. The zero-order valence-corrected chi connectivity index (χ0v) is 14.1. The molecule has 0 unspecified atom stereocenters. The number of thioether (sulfide) groups is 1. The molecule has 0 spiro atoms. The monoisotopic (exact) mass is 340 g/mol. The van der Waals surface area contributed by atoms with E-state index in [0.717, 1.165) is 11.3 Å². The number of benzene rings is 2. The maximum absolute atomic E-state index is 12.4. The highest BCUT2D eigenvalue weighted by Crippen LogP contribution is 2.33. The average molecular weight is 340 g/mol. The smallest absolute Gasteiger partial charge is 0.266 e. The second kappa shape index (κ2) is 6.80. The number of amidine groups is 1. The van der Waals surface area contributed by atoms with Crippen molar-refractivity contribution in [2.45, 2.75) is 0 Å². The first-order valence-electron chi connectivity index (χ1n) is 7.26. The molecule has 0 atom stereocenters. The second-order valence-corrected chi connectivity index (χ2v) is 6.17. The minimum absolute atomic E-state index is 0.0969. The summed E-state index contributed by atoms with van der Waals surface area (Å²) in [4.78, 5) is 19.0. The van der Waals surface area contributed by atoms with Gasteiger partial charge in [-0.3, -0.25) is 9.69 Å². The Morgan fingerprint density at radius 2 is 1.96 bits per heavy atom. The van der Waals surface area contributed by atoms with Crippen LogP contribution in [-0.2, 0) is 4.79 Å². The van der Waals surface area contributed by atoms with Gasteiger partial charge in [0.05, 0.1) is 17.7 Å². The number of phenols is 1. The molecule has 1 aliphatic heterocycles. The molecule has 1 saturated heterocycles. The summed E-state index contributed by atoms with van der Waals surface area (Å²) >= 11 is 1.32. The number of rotatable bonds is 3. The van der Waals surface area contributed by atoms with E-state index in [2.05, 4.69) is 4.99 Å². The number of amides is 1. The van der Waals surface area contributed by atoms with Crippen molar-refractivity contribution in [1.82, 2.24) is 4.90 Å². The predicted molar refractivity (Wildman–Crippen MR) is 96.5 cm³/mol. The lowest BCUT2D eigenvalue weighted by Crippen LogP contribution is -2.23. The molecule has 1 N–H and O–H groups in total. The lowest BCUT2D eigenvalue weighted by molar-refractivity contribution is -0.121. The van der Waals surface area contributed by atoms with Gasteiger partial charge in [-0.15, -0.1) is 0 Å². The minimum Gasteiger partial charge on any atom is -0.508 e. The van der Waals surface area contributed by atoms with E-state index >= 15 is 0 Å². The van der Waals surface area contributed by atoms with Gasteiger partial charge in [0.15, 0.2) is 5.17 Å². The third kappa shape index (κ3) is 3.44. The van der Waals surface area contributed by atoms with Crippen molar-refractivity contribution in [1.29, 1.82) is 0 Å². The molecule has 1 heterocycles. The molecule has 6 heteroatoms. The number of ether oxygens (including phenoxy) is 1. The molecule has 0 aromatic heterocycles. The van der Waals surface area contributed by atoms with Gasteiger partial charge in [0.2, 0.25) is 0 Å². The number of hydrogen-bond donors (Lipinski definition) is 1. The van der Waals surface area contributed by atoms with Gasteiger partial charge in [0.1, 0.15) is 11.5 Å². The molecule has 3 rings (SSSR count). The number of hydrogen-bond acceptors (Lipinski definition) is 5. The van der Waals surface area contributed by atoms with Gasteiger partial charge in [-0.05, 0) is 59.8 Å². The Bertz CT molecular complexity index is 828. The average Bonchev–Trinajstić information content (AvgIpc) is 2.85. The number of aromatic hydroxyl groups is 1. The normalized spacial score (nSPS) is 17.8. The van der Waals surface area contributed by atoms with Crippen molar-refractivity contribution >= 4 is 34.6 Å². The zero-order valence-electron chi connectivity index (χ0n) is 13.3. The maximum Gasteiger partial charge on any atom is 0.266 e. The summed E-state index contributed by atoms with van der Waals surface area (Å²) in [6, 6.07) is 14.0. The standard InChI is InChI=1S/C18H16N2O3S/c1-20-17(22)16(11-12-4-3-5-15(10-12)23-2)24-18(20)19-13-6-8-14(21)9-7-13/h3-11,21H,1-2H3/b16-11-,19-18?. The van der Waals surface area contributed by atoms with Crippen LogP contribution in [0.3, 0.4) is 0 Å². The van der Waals surface area contributed by atoms with E-state index in [1.54, 1.807) is 38.4 Å². The molecule has 0 saturated carbocycles. The largest absolute Gasteiger partial charge is 0.508 e. The summed E-state index contributed by atoms with van der Waals surface area (Å²) in [6.07, 6.45) is 1.82. The van der Waals surface area contributed by atoms with E-state index in [0.29, 0.717) is 15.8 Å². The van der Waals surface area contributed by atoms with Crippen LogP contribution >= 0.6 is 11.8 Å². The van der Waals surface area contributed by atoms with Gasteiger partial charge >= 0.3 is 0 Å². The van der Waals surface area contributed by atoms with Crippen molar-refractivity contribution in [3.8, 4) is 11.5 Å². The number of carbonyl (C=O) groups is 1. The van der Waals surface area contributed by atoms with Crippen molar-refractivity contribution in [3.05, 3.63) is 59.0 Å². The Hall–Kier alpha value is -2.73. The summed E-state index contributed by atoms with van der Waals surface area (Å²) < 4.78 is 5.20. The van der Waals surface area contributed by atoms with Gasteiger partial charge in [-0.1, -0.05) is 12.1 Å². The second-order valence-electron chi connectivity index (χ2n) is 5.16. The van der Waals surface area contributed by atoms with E-state index in [-0.39, 0.29) is 11.7 Å². The van der Waals surface area contributed by atoms with Crippen LogP contribution in [0.5, 0.6) is 11.5 Å². The van der Waals surface area contributed by atoms with Crippen LogP contribution in [0, 0.1) is 0 Å². The SMILES string of the molecule is COc1cccc(/C=C2\SC(=Nc3ccc(O)cc3)N(C)C2=O)c1. The molecular formula is C18H16N2O3S. The summed E-state index contributed by atoms with van der Waals surface area (Å²) in [5.41, 5.74) is 1.57. The van der Waals surface area contributed by atoms with Crippen LogP contribution in [0.15, 0.2) is 58.4 Å². The van der Waals surface area contributed by atoms with E-state index in [1.807, 2.05) is 30.3 Å². The lowest BCUT2D eigenvalue weighted by atomic mass is 10.2. The first-order valence-corrected chi connectivity index (χ1v) is 8.08. The van der Waals surface area contributed by atoms with E-state index < -0.39 is 0 Å². The topological polar surface area (TPSA) is 62.1 Å². The third-order valence-electron chi connectivity index (χ3n) is 3.47. The Balaban J connectivity index is 1.88. The van der Waals surface area contributed by atoms with E-state index in [4.69, 9.17) is 4.74 Å². The van der Waals surface area contributed by atoms with Gasteiger partial charge in [0, 0.05) is 7.05 Å². The van der Waals surface area contributed by atoms with Crippen LogP contribution in [0.4, 0.5) is 5.69 Å². The van der Waals surface area contributed by atoms with Gasteiger partial charge in [0.25, 0.3) is 5.91 Å². The zero-order chi connectivity index (χ0) is 17.1. The minimum atomic E-state index is -0.0969. The number of aliphatic imine (C=N–C) groups is 1. The number of phenolic OH excluding ortho intramolecular Hbond substituents is 1. The van der Waals surface area contributed by atoms with Crippen LogP contribution in [0.2, 0.25) is 0 Å². The summed E-state index contributed by atoms with van der Waals surface area (Å²) in [5, 5.41) is 9.92. The summed E-state index contributed by atoms with van der Waals surface area (Å²) in [7, 11) is 3.30. The number of methoxy groups -OCH3 is 1. The summed E-state index contributed by atoms with van der Waals surface area (Å²) in [5.74, 6) is 0.826. The van der Waals surface area contributed by atoms with Crippen molar-refractivity contribution in [2.75, 3.05) is 14.2 Å². The molecule has 5 nitrogen and oxygen atoms in total. The Kier molecular flexibility index (Phi) is 4.57. The predicted octanol–water partition coefficient (Wildman–Crippen LogP) is 3.63. The quantitative estimate of drug-likeness (QED) is 0.867. The first-order chi connectivity index (χ1) is 11.6. The lowest BCUT2D eigenvalue weighted by Gasteiger charge is -2.07. The molecule has 122 valence electrons. The maximum atomic E-state index is 12.4. The fourth-order valence-corrected chi connectivity index (χ4v) is 3.16. The van der Waals surface area contributed by atoms with E-state index in [9.17, 15) is 9.90 Å². The first kappa shape index (κ1) is 16.1. The van der Waals surface area contributed by atoms with Gasteiger partial charge in [-0.2, -0.15) is 0 Å². The summed E-state index contributed by atoms with van der Waals surface area (Å²) in [6.45, 7) is 0. The van der Waals surface area contributed by atoms with Crippen LogP contribution in [-0.4, -0.2) is 35.2 Å². The number of carbonyl (C=O) groups excluding carboxylic acids is 1. The number of likely N-dealkylation sites (N-methyl/N-ethyl adjacent to an activating group) is 1. The Labute approximate surface area is 144 Å². The van der Waals surface area contributed by atoms with Crippen LogP contribution in [0.25, 0.3) is 6.08 Å². The Morgan fingerprint density at radius 1 is 1.21 bits per heavy atom. The molecule has 1 amide bonds. The van der Waals surface area contributed by atoms with E-state index in [1.165, 1.54) is 16.7 Å². The fourth-order valence-electron chi connectivity index (χ4n) is 2.17. The van der Waals surface area contributed by atoms with Crippen molar-refractivity contribution < 1.29 is 14.6 Å². The highest BCUT2D eigenvalue weighted by molar-refractivity contribution is 8.18.